The number of aromatic hydroxyl groups is 1. The van der Waals surface area contributed by atoms with Gasteiger partial charge in [0.15, 0.2) is 6.29 Å². The van der Waals surface area contributed by atoms with Crippen LogP contribution in [0.25, 0.3) is 0 Å². The third-order valence-corrected chi connectivity index (χ3v) is 1.47. The van der Waals surface area contributed by atoms with Crippen LogP contribution in [0.15, 0.2) is 18.2 Å². The molecule has 0 heterocycles. The van der Waals surface area contributed by atoms with E-state index < -0.39 is 6.29 Å². The molecule has 0 spiro atoms. The molecule has 0 aliphatic rings. The second kappa shape index (κ2) is 3.34. The monoisotopic (exact) mass is 168 g/mol. The van der Waals surface area contributed by atoms with Crippen molar-refractivity contribution in [3.8, 4) is 5.75 Å². The third-order valence-electron chi connectivity index (χ3n) is 1.47. The third kappa shape index (κ3) is 1.61. The van der Waals surface area contributed by atoms with E-state index in [4.69, 9.17) is 15.3 Å². The summed E-state index contributed by atoms with van der Waals surface area (Å²) in [5.74, 6) is -0.240. The highest BCUT2D eigenvalue weighted by Gasteiger charge is 2.08. The van der Waals surface area contributed by atoms with Crippen LogP contribution in [0.4, 0.5) is 0 Å². The van der Waals surface area contributed by atoms with E-state index in [1.165, 1.54) is 18.2 Å². The van der Waals surface area contributed by atoms with Gasteiger partial charge in [0.25, 0.3) is 0 Å². The van der Waals surface area contributed by atoms with Gasteiger partial charge in [0.1, 0.15) is 12.0 Å². The largest absolute Gasteiger partial charge is 0.507 e. The molecule has 64 valence electrons. The highest BCUT2D eigenvalue weighted by atomic mass is 16.5. The summed E-state index contributed by atoms with van der Waals surface area (Å²) in [5, 5.41) is 26.5. The molecule has 0 aromatic heterocycles. The van der Waals surface area contributed by atoms with Crippen molar-refractivity contribution in [3.05, 3.63) is 29.3 Å². The zero-order valence-electron chi connectivity index (χ0n) is 6.14. The fraction of sp³-hybridized carbons (Fsp3) is 0.125. The number of aldehydes is 1. The van der Waals surface area contributed by atoms with E-state index in [0.717, 1.165) is 0 Å². The first-order valence-corrected chi connectivity index (χ1v) is 3.29. The number of aliphatic hydroxyl groups is 2. The molecule has 3 N–H and O–H groups in total. The maximum Gasteiger partial charge on any atom is 0.182 e. The lowest BCUT2D eigenvalue weighted by molar-refractivity contribution is -0.0438. The van der Waals surface area contributed by atoms with E-state index in [-0.39, 0.29) is 16.9 Å². The van der Waals surface area contributed by atoms with Crippen LogP contribution < -0.4 is 0 Å². The Morgan fingerprint density at radius 1 is 1.33 bits per heavy atom. The first kappa shape index (κ1) is 8.70. The number of hydrogen-bond acceptors (Lipinski definition) is 4. The van der Waals surface area contributed by atoms with Crippen molar-refractivity contribution in [2.75, 3.05) is 0 Å². The molecular weight excluding hydrogens is 160 g/mol. The second-order valence-electron chi connectivity index (χ2n) is 2.31. The van der Waals surface area contributed by atoms with E-state index in [0.29, 0.717) is 6.29 Å². The van der Waals surface area contributed by atoms with Gasteiger partial charge in [0.2, 0.25) is 0 Å². The lowest BCUT2D eigenvalue weighted by Crippen LogP contribution is -1.96. The van der Waals surface area contributed by atoms with Crippen LogP contribution >= 0.6 is 0 Å². The molecule has 1 aromatic carbocycles. The van der Waals surface area contributed by atoms with Gasteiger partial charge < -0.3 is 15.3 Å². The predicted octanol–water partition coefficient (Wildman–Crippen LogP) is 0.188. The second-order valence-corrected chi connectivity index (χ2v) is 2.31. The van der Waals surface area contributed by atoms with E-state index in [1.54, 1.807) is 0 Å². The summed E-state index contributed by atoms with van der Waals surface area (Å²) in [6.45, 7) is 0. The van der Waals surface area contributed by atoms with Gasteiger partial charge >= 0.3 is 0 Å². The predicted molar refractivity (Wildman–Crippen MR) is 40.7 cm³/mol. The minimum absolute atomic E-state index is 0.0698. The molecule has 4 heteroatoms. The van der Waals surface area contributed by atoms with Gasteiger partial charge in [-0.2, -0.15) is 0 Å². The molecule has 0 radical (unpaired) electrons. The van der Waals surface area contributed by atoms with Crippen molar-refractivity contribution in [3.63, 3.8) is 0 Å². The molecule has 4 nitrogen and oxygen atoms in total. The van der Waals surface area contributed by atoms with Crippen LogP contribution in [0.5, 0.6) is 5.75 Å². The van der Waals surface area contributed by atoms with Crippen molar-refractivity contribution in [1.82, 2.24) is 0 Å². The highest BCUT2D eigenvalue weighted by Crippen LogP contribution is 2.22. The van der Waals surface area contributed by atoms with Gasteiger partial charge in [-0.15, -0.1) is 0 Å². The topological polar surface area (TPSA) is 77.8 Å². The number of rotatable bonds is 2. The maximum absolute atomic E-state index is 10.2. The number of aliphatic hydroxyl groups excluding tert-OH is 1. The van der Waals surface area contributed by atoms with E-state index in [2.05, 4.69) is 0 Å². The van der Waals surface area contributed by atoms with Crippen molar-refractivity contribution >= 4 is 6.29 Å². The Morgan fingerprint density at radius 3 is 2.50 bits per heavy atom. The summed E-state index contributed by atoms with van der Waals surface area (Å²) in [6, 6.07) is 3.83. The minimum Gasteiger partial charge on any atom is -0.507 e. The highest BCUT2D eigenvalue weighted by molar-refractivity contribution is 5.75. The molecule has 12 heavy (non-hydrogen) atoms. The van der Waals surface area contributed by atoms with Crippen molar-refractivity contribution in [1.29, 1.82) is 0 Å². The SMILES string of the molecule is O=Cc1ccc(O)c(C(O)O)c1. The van der Waals surface area contributed by atoms with E-state index >= 15 is 0 Å². The normalized spacial score (nSPS) is 10.2. The number of carbonyl (C=O) groups is 1. The van der Waals surface area contributed by atoms with Gasteiger partial charge in [-0.1, -0.05) is 0 Å². The van der Waals surface area contributed by atoms with Gasteiger partial charge in [0, 0.05) is 11.1 Å². The van der Waals surface area contributed by atoms with Gasteiger partial charge in [0.05, 0.1) is 0 Å². The Balaban J connectivity index is 3.16. The van der Waals surface area contributed by atoms with Gasteiger partial charge in [-0.25, -0.2) is 0 Å². The Labute approximate surface area is 68.7 Å². The molecule has 1 aromatic rings. The molecule has 0 fully saturated rings. The molecule has 0 saturated carbocycles. The smallest absolute Gasteiger partial charge is 0.182 e. The molecule has 0 amide bonds. The van der Waals surface area contributed by atoms with Crippen LogP contribution in [0.2, 0.25) is 0 Å². The van der Waals surface area contributed by atoms with Crippen LogP contribution in [0.1, 0.15) is 22.2 Å². The zero-order chi connectivity index (χ0) is 9.14. The average Bonchev–Trinajstić information content (AvgIpc) is 2.05. The van der Waals surface area contributed by atoms with Crippen molar-refractivity contribution in [2.45, 2.75) is 6.29 Å². The average molecular weight is 168 g/mol. The molecule has 0 atom stereocenters. The van der Waals surface area contributed by atoms with Crippen molar-refractivity contribution < 1.29 is 20.1 Å². The van der Waals surface area contributed by atoms with Crippen molar-refractivity contribution in [2.24, 2.45) is 0 Å². The fourth-order valence-corrected chi connectivity index (χ4v) is 0.853. The van der Waals surface area contributed by atoms with E-state index in [1.807, 2.05) is 0 Å². The summed E-state index contributed by atoms with van der Waals surface area (Å²) >= 11 is 0. The Morgan fingerprint density at radius 2 is 2.00 bits per heavy atom. The lowest BCUT2D eigenvalue weighted by atomic mass is 10.1. The molecular formula is C8H8O4. The minimum atomic E-state index is -1.76. The summed E-state index contributed by atoms with van der Waals surface area (Å²) in [7, 11) is 0. The Kier molecular flexibility index (Phi) is 2.42. The summed E-state index contributed by atoms with van der Waals surface area (Å²) in [6.07, 6.45) is -1.20. The molecule has 0 aliphatic carbocycles. The van der Waals surface area contributed by atoms with Crippen LogP contribution in [0.3, 0.4) is 0 Å². The molecule has 0 bridgehead atoms. The maximum atomic E-state index is 10.2. The number of carbonyl (C=O) groups excluding carboxylic acids is 1. The lowest BCUT2D eigenvalue weighted by Gasteiger charge is -2.06. The zero-order valence-corrected chi connectivity index (χ0v) is 6.14. The number of phenolic OH excluding ortho intramolecular Hbond substituents is 1. The number of benzene rings is 1. The van der Waals surface area contributed by atoms with Crippen LogP contribution in [0, 0.1) is 0 Å². The standard InChI is InChI=1S/C8H8O4/c9-4-5-1-2-7(10)6(3-5)8(11)12/h1-4,8,10-12H. The van der Waals surface area contributed by atoms with Gasteiger partial charge in [-0.3, -0.25) is 4.79 Å². The van der Waals surface area contributed by atoms with Crippen LogP contribution in [-0.2, 0) is 0 Å². The van der Waals surface area contributed by atoms with E-state index in [9.17, 15) is 4.79 Å². The molecule has 0 aliphatic heterocycles. The quantitative estimate of drug-likeness (QED) is 0.435. The number of phenols is 1. The Hall–Kier alpha value is -1.39. The first-order chi connectivity index (χ1) is 5.65. The van der Waals surface area contributed by atoms with Crippen LogP contribution in [-0.4, -0.2) is 21.6 Å². The van der Waals surface area contributed by atoms with Gasteiger partial charge in [-0.05, 0) is 18.2 Å². The molecule has 1 rings (SSSR count). The Bertz CT molecular complexity index is 293. The summed E-state index contributed by atoms with van der Waals surface area (Å²) in [4.78, 5) is 10.2. The molecule has 0 saturated heterocycles. The summed E-state index contributed by atoms with van der Waals surface area (Å²) < 4.78 is 0. The fourth-order valence-electron chi connectivity index (χ4n) is 0.853. The summed E-state index contributed by atoms with van der Waals surface area (Å²) in [5.41, 5.74) is 0.218. The first-order valence-electron chi connectivity index (χ1n) is 3.29. The molecule has 0 unspecified atom stereocenters. The number of hydrogen-bond donors (Lipinski definition) is 3.